The topological polar surface area (TPSA) is 44.5 Å². The monoisotopic (exact) mass is 341 g/mol. The molecule has 2 rings (SSSR count). The molecular formula is C22H31NO2. The fourth-order valence-corrected chi connectivity index (χ4v) is 3.17. The number of hydrogen-bond donors (Lipinski definition) is 1. The van der Waals surface area contributed by atoms with Crippen molar-refractivity contribution in [3.63, 3.8) is 0 Å². The van der Waals surface area contributed by atoms with Crippen LogP contribution in [0.5, 0.6) is 11.5 Å². The molecule has 2 aromatic carbocycles. The van der Waals surface area contributed by atoms with Gasteiger partial charge in [0.15, 0.2) is 11.5 Å². The number of ether oxygens (including phenoxy) is 2. The van der Waals surface area contributed by atoms with Crippen LogP contribution >= 0.6 is 0 Å². The predicted molar refractivity (Wildman–Crippen MR) is 105 cm³/mol. The summed E-state index contributed by atoms with van der Waals surface area (Å²) in [5.41, 5.74) is 11.2. The van der Waals surface area contributed by atoms with Crippen molar-refractivity contribution in [1.82, 2.24) is 0 Å². The smallest absolute Gasteiger partial charge is 0.161 e. The van der Waals surface area contributed by atoms with E-state index in [-0.39, 0.29) is 6.10 Å². The number of benzene rings is 2. The van der Waals surface area contributed by atoms with Crippen LogP contribution < -0.4 is 15.2 Å². The molecule has 1 atom stereocenters. The predicted octanol–water partition coefficient (Wildman–Crippen LogP) is 4.77. The van der Waals surface area contributed by atoms with E-state index in [1.807, 2.05) is 26.8 Å². The minimum absolute atomic E-state index is 0.122. The normalized spacial score (nSPS) is 12.3. The van der Waals surface area contributed by atoms with E-state index in [0.29, 0.717) is 19.1 Å². The third-order valence-corrected chi connectivity index (χ3v) is 4.15. The van der Waals surface area contributed by atoms with E-state index < -0.39 is 0 Å². The average molecular weight is 341 g/mol. The third kappa shape index (κ3) is 5.50. The summed E-state index contributed by atoms with van der Waals surface area (Å²) in [6, 6.07) is 12.9. The van der Waals surface area contributed by atoms with Crippen LogP contribution in [-0.4, -0.2) is 19.3 Å². The molecule has 0 bridgehead atoms. The van der Waals surface area contributed by atoms with E-state index in [1.54, 1.807) is 0 Å². The summed E-state index contributed by atoms with van der Waals surface area (Å²) in [6.45, 7) is 11.5. The molecule has 3 nitrogen and oxygen atoms in total. The standard InChI is InChI=1S/C22H31NO2/c1-6-24-22-13-18(7-8-21(22)25-15(2)3)12-20(14-23)19-10-16(4)9-17(5)11-19/h7-11,13,15,20H,6,12,14,23H2,1-5H3. The van der Waals surface area contributed by atoms with Crippen molar-refractivity contribution in [2.24, 2.45) is 5.73 Å². The van der Waals surface area contributed by atoms with E-state index >= 15 is 0 Å². The molecule has 0 saturated heterocycles. The maximum absolute atomic E-state index is 6.09. The number of aryl methyl sites for hydroxylation is 2. The first-order valence-electron chi connectivity index (χ1n) is 9.13. The highest BCUT2D eigenvalue weighted by Gasteiger charge is 2.14. The summed E-state index contributed by atoms with van der Waals surface area (Å²) in [6.07, 6.45) is 1.01. The zero-order valence-corrected chi connectivity index (χ0v) is 16.1. The molecule has 0 aliphatic heterocycles. The van der Waals surface area contributed by atoms with E-state index in [4.69, 9.17) is 15.2 Å². The summed E-state index contributed by atoms with van der Waals surface area (Å²) < 4.78 is 11.6. The average Bonchev–Trinajstić information content (AvgIpc) is 2.53. The lowest BCUT2D eigenvalue weighted by Gasteiger charge is -2.19. The Hall–Kier alpha value is -2.00. The lowest BCUT2D eigenvalue weighted by atomic mass is 9.90. The lowest BCUT2D eigenvalue weighted by Crippen LogP contribution is -2.15. The molecule has 0 radical (unpaired) electrons. The highest BCUT2D eigenvalue weighted by Crippen LogP contribution is 2.31. The van der Waals surface area contributed by atoms with Crippen LogP contribution in [0.15, 0.2) is 36.4 Å². The molecule has 0 saturated carbocycles. The molecule has 1 unspecified atom stereocenters. The van der Waals surface area contributed by atoms with E-state index in [2.05, 4.69) is 44.2 Å². The molecule has 0 aromatic heterocycles. The summed E-state index contributed by atoms with van der Waals surface area (Å²) in [4.78, 5) is 0. The molecular weight excluding hydrogens is 310 g/mol. The molecule has 25 heavy (non-hydrogen) atoms. The Bertz CT molecular complexity index is 674. The first-order chi connectivity index (χ1) is 11.9. The summed E-state index contributed by atoms with van der Waals surface area (Å²) in [5, 5.41) is 0. The van der Waals surface area contributed by atoms with E-state index in [9.17, 15) is 0 Å². The van der Waals surface area contributed by atoms with E-state index in [0.717, 1.165) is 17.9 Å². The molecule has 0 spiro atoms. The first-order valence-corrected chi connectivity index (χ1v) is 9.13. The second-order valence-corrected chi connectivity index (χ2v) is 6.94. The molecule has 0 aliphatic carbocycles. The van der Waals surface area contributed by atoms with Crippen LogP contribution in [0, 0.1) is 13.8 Å². The van der Waals surface area contributed by atoms with Gasteiger partial charge in [0.1, 0.15) is 0 Å². The van der Waals surface area contributed by atoms with Gasteiger partial charge in [0.2, 0.25) is 0 Å². The van der Waals surface area contributed by atoms with Crippen LogP contribution in [0.1, 0.15) is 48.9 Å². The fourth-order valence-electron chi connectivity index (χ4n) is 3.17. The Balaban J connectivity index is 2.26. The van der Waals surface area contributed by atoms with Gasteiger partial charge in [-0.05, 0) is 70.8 Å². The number of rotatable bonds is 8. The molecule has 0 amide bonds. The van der Waals surface area contributed by atoms with Crippen molar-refractivity contribution in [3.05, 3.63) is 58.7 Å². The minimum atomic E-state index is 0.122. The van der Waals surface area contributed by atoms with Gasteiger partial charge < -0.3 is 15.2 Å². The van der Waals surface area contributed by atoms with Crippen LogP contribution in [0.25, 0.3) is 0 Å². The second-order valence-electron chi connectivity index (χ2n) is 6.94. The lowest BCUT2D eigenvalue weighted by molar-refractivity contribution is 0.223. The maximum Gasteiger partial charge on any atom is 0.161 e. The van der Waals surface area contributed by atoms with Gasteiger partial charge in [-0.15, -0.1) is 0 Å². The molecule has 3 heteroatoms. The highest BCUT2D eigenvalue weighted by molar-refractivity contribution is 5.44. The van der Waals surface area contributed by atoms with Crippen LogP contribution in [0.2, 0.25) is 0 Å². The SMILES string of the molecule is CCOc1cc(CC(CN)c2cc(C)cc(C)c2)ccc1OC(C)C. The molecule has 2 aromatic rings. The zero-order valence-electron chi connectivity index (χ0n) is 16.1. The molecule has 0 aliphatic rings. The van der Waals surface area contributed by atoms with Crippen LogP contribution in [0.4, 0.5) is 0 Å². The van der Waals surface area contributed by atoms with Crippen molar-refractivity contribution >= 4 is 0 Å². The van der Waals surface area contributed by atoms with Gasteiger partial charge >= 0.3 is 0 Å². The van der Waals surface area contributed by atoms with Gasteiger partial charge in [0.25, 0.3) is 0 Å². The van der Waals surface area contributed by atoms with Gasteiger partial charge in [0, 0.05) is 5.92 Å². The van der Waals surface area contributed by atoms with Crippen LogP contribution in [0.3, 0.4) is 0 Å². The van der Waals surface area contributed by atoms with Gasteiger partial charge in [0.05, 0.1) is 12.7 Å². The number of hydrogen-bond acceptors (Lipinski definition) is 3. The summed E-state index contributed by atoms with van der Waals surface area (Å²) >= 11 is 0. The Morgan fingerprint density at radius 2 is 1.64 bits per heavy atom. The van der Waals surface area contributed by atoms with Crippen molar-refractivity contribution in [3.8, 4) is 11.5 Å². The van der Waals surface area contributed by atoms with Crippen molar-refractivity contribution in [2.45, 2.75) is 53.1 Å². The van der Waals surface area contributed by atoms with Crippen LogP contribution in [-0.2, 0) is 6.42 Å². The van der Waals surface area contributed by atoms with Gasteiger partial charge in [-0.25, -0.2) is 0 Å². The Labute approximate surface area is 152 Å². The Kier molecular flexibility index (Phi) is 6.89. The number of nitrogens with two attached hydrogens (primary N) is 1. The van der Waals surface area contributed by atoms with Gasteiger partial charge in [-0.1, -0.05) is 35.4 Å². The van der Waals surface area contributed by atoms with Crippen molar-refractivity contribution in [2.75, 3.05) is 13.2 Å². The Morgan fingerprint density at radius 1 is 0.960 bits per heavy atom. The minimum Gasteiger partial charge on any atom is -0.490 e. The van der Waals surface area contributed by atoms with Crippen molar-refractivity contribution < 1.29 is 9.47 Å². The first kappa shape index (κ1) is 19.3. The quantitative estimate of drug-likeness (QED) is 0.752. The maximum atomic E-state index is 6.09. The highest BCUT2D eigenvalue weighted by atomic mass is 16.5. The van der Waals surface area contributed by atoms with E-state index in [1.165, 1.54) is 22.3 Å². The molecule has 136 valence electrons. The summed E-state index contributed by atoms with van der Waals surface area (Å²) in [5.74, 6) is 1.91. The van der Waals surface area contributed by atoms with Gasteiger partial charge in [-0.3, -0.25) is 0 Å². The van der Waals surface area contributed by atoms with Gasteiger partial charge in [-0.2, -0.15) is 0 Å². The molecule has 0 heterocycles. The third-order valence-electron chi connectivity index (χ3n) is 4.15. The zero-order chi connectivity index (χ0) is 18.4. The Morgan fingerprint density at radius 3 is 2.20 bits per heavy atom. The molecule has 2 N–H and O–H groups in total. The summed E-state index contributed by atoms with van der Waals surface area (Å²) in [7, 11) is 0. The molecule has 0 fully saturated rings. The largest absolute Gasteiger partial charge is 0.490 e. The fraction of sp³-hybridized carbons (Fsp3) is 0.455. The second kappa shape index (κ2) is 8.91. The van der Waals surface area contributed by atoms with Crippen molar-refractivity contribution in [1.29, 1.82) is 0 Å².